The van der Waals surface area contributed by atoms with Gasteiger partial charge in [-0.15, -0.1) is 0 Å². The van der Waals surface area contributed by atoms with Crippen LogP contribution >= 0.6 is 0 Å². The summed E-state index contributed by atoms with van der Waals surface area (Å²) in [5.74, 6) is -1.46. The van der Waals surface area contributed by atoms with Crippen molar-refractivity contribution in [1.29, 1.82) is 0 Å². The second-order valence-corrected chi connectivity index (χ2v) is 9.67. The number of amides is 1. The molecule has 0 radical (unpaired) electrons. The lowest BCUT2D eigenvalue weighted by Crippen LogP contribution is -2.65. The van der Waals surface area contributed by atoms with Gasteiger partial charge in [-0.2, -0.15) is 13.2 Å². The highest BCUT2D eigenvalue weighted by molar-refractivity contribution is 5.86. The SMILES string of the molecule is CC(C)C(O)(C(=O)N1CCC(C2CCNCC2)CC1C(C)(C)C)C(F)(F)F. The molecular weight excluding hydrogens is 357 g/mol. The van der Waals surface area contributed by atoms with Crippen LogP contribution in [0, 0.1) is 23.2 Å². The first-order valence-corrected chi connectivity index (χ1v) is 10.1. The molecule has 2 saturated heterocycles. The van der Waals surface area contributed by atoms with Crippen molar-refractivity contribution in [2.45, 2.75) is 78.1 Å². The summed E-state index contributed by atoms with van der Waals surface area (Å²) in [6.07, 6.45) is -1.44. The zero-order chi connectivity index (χ0) is 20.6. The van der Waals surface area contributed by atoms with Gasteiger partial charge in [0.05, 0.1) is 0 Å². The van der Waals surface area contributed by atoms with Crippen molar-refractivity contribution in [2.24, 2.45) is 23.2 Å². The van der Waals surface area contributed by atoms with Gasteiger partial charge in [0, 0.05) is 18.5 Å². The molecule has 0 aliphatic carbocycles. The third-order valence-electron chi connectivity index (χ3n) is 6.55. The van der Waals surface area contributed by atoms with Gasteiger partial charge in [0.15, 0.2) is 0 Å². The molecule has 3 unspecified atom stereocenters. The van der Waals surface area contributed by atoms with Gasteiger partial charge in [0.25, 0.3) is 5.91 Å². The summed E-state index contributed by atoms with van der Waals surface area (Å²) >= 11 is 0. The largest absolute Gasteiger partial charge is 0.426 e. The molecule has 0 aromatic heterocycles. The molecule has 1 amide bonds. The predicted octanol–water partition coefficient (Wildman–Crippen LogP) is 3.59. The summed E-state index contributed by atoms with van der Waals surface area (Å²) in [6.45, 7) is 10.6. The standard InChI is InChI=1S/C20H35F3N2O2/c1-13(2)19(27,20(21,22)23)17(26)25-11-8-15(12-16(25)18(3,4)5)14-6-9-24-10-7-14/h13-16,24,27H,6-12H2,1-5H3. The molecule has 158 valence electrons. The first-order valence-electron chi connectivity index (χ1n) is 10.1. The summed E-state index contributed by atoms with van der Waals surface area (Å²) in [7, 11) is 0. The van der Waals surface area contributed by atoms with Gasteiger partial charge >= 0.3 is 6.18 Å². The third-order valence-corrected chi connectivity index (χ3v) is 6.55. The predicted molar refractivity (Wildman–Crippen MR) is 99.1 cm³/mol. The van der Waals surface area contributed by atoms with Crippen molar-refractivity contribution in [2.75, 3.05) is 19.6 Å². The third kappa shape index (κ3) is 4.44. The molecule has 2 heterocycles. The van der Waals surface area contributed by atoms with E-state index in [0.29, 0.717) is 24.7 Å². The number of carbonyl (C=O) groups is 1. The topological polar surface area (TPSA) is 52.6 Å². The minimum atomic E-state index is -4.99. The Hall–Kier alpha value is -0.820. The minimum absolute atomic E-state index is 0.278. The first kappa shape index (κ1) is 22.5. The number of likely N-dealkylation sites (tertiary alicyclic amines) is 1. The second kappa shape index (κ2) is 7.90. The molecular formula is C20H35F3N2O2. The van der Waals surface area contributed by atoms with E-state index >= 15 is 0 Å². The molecule has 4 nitrogen and oxygen atoms in total. The lowest BCUT2D eigenvalue weighted by molar-refractivity contribution is -0.271. The fraction of sp³-hybridized carbons (Fsp3) is 0.950. The van der Waals surface area contributed by atoms with Crippen molar-refractivity contribution in [1.82, 2.24) is 10.2 Å². The Morgan fingerprint density at radius 2 is 1.63 bits per heavy atom. The van der Waals surface area contributed by atoms with Crippen LogP contribution in [0.4, 0.5) is 13.2 Å². The average molecular weight is 393 g/mol. The molecule has 2 rings (SSSR count). The number of nitrogens with zero attached hydrogens (tertiary/aromatic N) is 1. The Balaban J connectivity index is 2.28. The van der Waals surface area contributed by atoms with E-state index < -0.39 is 23.6 Å². The number of rotatable bonds is 3. The maximum absolute atomic E-state index is 13.6. The van der Waals surface area contributed by atoms with Gasteiger partial charge in [0.2, 0.25) is 5.60 Å². The molecule has 27 heavy (non-hydrogen) atoms. The average Bonchev–Trinajstić information content (AvgIpc) is 2.58. The molecule has 0 spiro atoms. The van der Waals surface area contributed by atoms with Crippen LogP contribution in [0.2, 0.25) is 0 Å². The van der Waals surface area contributed by atoms with Crippen molar-refractivity contribution < 1.29 is 23.1 Å². The van der Waals surface area contributed by atoms with Crippen molar-refractivity contribution in [3.63, 3.8) is 0 Å². The van der Waals surface area contributed by atoms with Crippen LogP contribution in [-0.2, 0) is 4.79 Å². The lowest BCUT2D eigenvalue weighted by Gasteiger charge is -2.50. The highest BCUT2D eigenvalue weighted by Gasteiger charge is 2.63. The Morgan fingerprint density at radius 1 is 1.07 bits per heavy atom. The number of alkyl halides is 3. The lowest BCUT2D eigenvalue weighted by atomic mass is 9.70. The van der Waals surface area contributed by atoms with E-state index in [0.717, 1.165) is 25.9 Å². The summed E-state index contributed by atoms with van der Waals surface area (Å²) in [5.41, 5.74) is -3.69. The number of piperidine rings is 2. The zero-order valence-corrected chi connectivity index (χ0v) is 17.2. The van der Waals surface area contributed by atoms with Crippen LogP contribution < -0.4 is 5.32 Å². The van der Waals surface area contributed by atoms with E-state index in [4.69, 9.17) is 0 Å². The zero-order valence-electron chi connectivity index (χ0n) is 17.2. The van der Waals surface area contributed by atoms with Crippen LogP contribution in [0.1, 0.15) is 60.3 Å². The van der Waals surface area contributed by atoms with Gasteiger partial charge in [-0.1, -0.05) is 34.6 Å². The summed E-state index contributed by atoms with van der Waals surface area (Å²) in [4.78, 5) is 14.3. The number of aliphatic hydroxyl groups is 1. The van der Waals surface area contributed by atoms with Gasteiger partial charge in [-0.05, 0) is 56.0 Å². The van der Waals surface area contributed by atoms with Crippen molar-refractivity contribution in [3.8, 4) is 0 Å². The van der Waals surface area contributed by atoms with E-state index in [9.17, 15) is 23.1 Å². The number of nitrogens with one attached hydrogen (secondary N) is 1. The number of carbonyl (C=O) groups excluding carboxylic acids is 1. The van der Waals surface area contributed by atoms with Crippen LogP contribution in [0.5, 0.6) is 0 Å². The fourth-order valence-electron chi connectivity index (χ4n) is 4.72. The Labute approximate surface area is 160 Å². The van der Waals surface area contributed by atoms with Crippen LogP contribution in [-0.4, -0.2) is 53.4 Å². The Bertz CT molecular complexity index is 524. The van der Waals surface area contributed by atoms with E-state index in [1.165, 1.54) is 18.7 Å². The van der Waals surface area contributed by atoms with E-state index in [2.05, 4.69) is 5.32 Å². The van der Waals surface area contributed by atoms with E-state index in [1.54, 1.807) is 0 Å². The first-order chi connectivity index (χ1) is 12.3. The van der Waals surface area contributed by atoms with Gasteiger partial charge in [0.1, 0.15) is 0 Å². The number of halogens is 3. The normalized spacial score (nSPS) is 28.3. The van der Waals surface area contributed by atoms with Crippen LogP contribution in [0.15, 0.2) is 0 Å². The molecule has 0 aromatic rings. The number of hydrogen-bond donors (Lipinski definition) is 2. The maximum Gasteiger partial charge on any atom is 0.426 e. The van der Waals surface area contributed by atoms with Crippen molar-refractivity contribution >= 4 is 5.91 Å². The maximum atomic E-state index is 13.6. The monoisotopic (exact) mass is 392 g/mol. The molecule has 3 atom stereocenters. The molecule has 0 bridgehead atoms. The van der Waals surface area contributed by atoms with Crippen molar-refractivity contribution in [3.05, 3.63) is 0 Å². The molecule has 2 N–H and O–H groups in total. The quantitative estimate of drug-likeness (QED) is 0.772. The molecule has 2 fully saturated rings. The summed E-state index contributed by atoms with van der Waals surface area (Å²) in [6, 6.07) is -0.314. The summed E-state index contributed by atoms with van der Waals surface area (Å²) < 4.78 is 40.9. The van der Waals surface area contributed by atoms with Gasteiger partial charge in [-0.25, -0.2) is 0 Å². The smallest absolute Gasteiger partial charge is 0.372 e. The Morgan fingerprint density at radius 3 is 2.07 bits per heavy atom. The fourth-order valence-corrected chi connectivity index (χ4v) is 4.72. The highest BCUT2D eigenvalue weighted by atomic mass is 19.4. The molecule has 7 heteroatoms. The van der Waals surface area contributed by atoms with Gasteiger partial charge < -0.3 is 15.3 Å². The molecule has 2 aliphatic heterocycles. The second-order valence-electron chi connectivity index (χ2n) is 9.67. The Kier molecular flexibility index (Phi) is 6.57. The van der Waals surface area contributed by atoms with Crippen LogP contribution in [0.25, 0.3) is 0 Å². The highest BCUT2D eigenvalue weighted by Crippen LogP contribution is 2.44. The summed E-state index contributed by atoms with van der Waals surface area (Å²) in [5, 5.41) is 13.8. The molecule has 0 aromatic carbocycles. The van der Waals surface area contributed by atoms with Crippen LogP contribution in [0.3, 0.4) is 0 Å². The molecule has 2 aliphatic rings. The van der Waals surface area contributed by atoms with E-state index in [1.807, 2.05) is 20.8 Å². The minimum Gasteiger partial charge on any atom is -0.372 e. The van der Waals surface area contributed by atoms with Gasteiger partial charge in [-0.3, -0.25) is 4.79 Å². The number of hydrogen-bond acceptors (Lipinski definition) is 3. The molecule has 0 saturated carbocycles. The van der Waals surface area contributed by atoms with E-state index in [-0.39, 0.29) is 18.0 Å².